The van der Waals surface area contributed by atoms with Gasteiger partial charge in [0.05, 0.1) is 22.3 Å². The van der Waals surface area contributed by atoms with Gasteiger partial charge in [0.2, 0.25) is 0 Å². The van der Waals surface area contributed by atoms with E-state index in [0.29, 0.717) is 0 Å². The molecule has 5 heteroatoms. The minimum atomic E-state index is -0.358. The van der Waals surface area contributed by atoms with E-state index >= 15 is 0 Å². The van der Waals surface area contributed by atoms with Crippen LogP contribution < -0.4 is 5.32 Å². The SMILES string of the molecule is Cc1ccc2c(c1)NC(c1cccc([N+](=O)[O-])c1)c1cccn1-2. The van der Waals surface area contributed by atoms with Crippen molar-refractivity contribution in [2.45, 2.75) is 13.0 Å². The molecule has 1 aliphatic heterocycles. The summed E-state index contributed by atoms with van der Waals surface area (Å²) in [5.41, 5.74) is 5.36. The maximum Gasteiger partial charge on any atom is 0.269 e. The van der Waals surface area contributed by atoms with Gasteiger partial charge >= 0.3 is 0 Å². The highest BCUT2D eigenvalue weighted by molar-refractivity contribution is 5.68. The number of benzene rings is 2. The predicted molar refractivity (Wildman–Crippen MR) is 89.1 cm³/mol. The lowest BCUT2D eigenvalue weighted by atomic mass is 9.99. The van der Waals surface area contributed by atoms with Gasteiger partial charge in [0.15, 0.2) is 0 Å². The van der Waals surface area contributed by atoms with Crippen LogP contribution in [0.1, 0.15) is 22.9 Å². The summed E-state index contributed by atoms with van der Waals surface area (Å²) in [4.78, 5) is 10.7. The Balaban J connectivity index is 1.86. The van der Waals surface area contributed by atoms with E-state index in [2.05, 4.69) is 35.0 Å². The number of nitro groups is 1. The highest BCUT2D eigenvalue weighted by atomic mass is 16.6. The standard InChI is InChI=1S/C18H15N3O2/c1-12-7-8-16-15(10-12)19-18(17-6-3-9-20(16)17)13-4-2-5-14(11-13)21(22)23/h2-11,18-19H,1H3. The van der Waals surface area contributed by atoms with E-state index in [4.69, 9.17) is 0 Å². The van der Waals surface area contributed by atoms with Crippen LogP contribution in [0.15, 0.2) is 60.8 Å². The number of anilines is 1. The molecule has 5 nitrogen and oxygen atoms in total. The average molecular weight is 305 g/mol. The van der Waals surface area contributed by atoms with Crippen molar-refractivity contribution in [3.8, 4) is 5.69 Å². The van der Waals surface area contributed by atoms with Crippen molar-refractivity contribution in [1.82, 2.24) is 4.57 Å². The summed E-state index contributed by atoms with van der Waals surface area (Å²) in [7, 11) is 0. The van der Waals surface area contributed by atoms with Crippen LogP contribution >= 0.6 is 0 Å². The quantitative estimate of drug-likeness (QED) is 0.570. The zero-order chi connectivity index (χ0) is 16.0. The number of aryl methyl sites for hydroxylation is 1. The maximum absolute atomic E-state index is 11.1. The van der Waals surface area contributed by atoms with Gasteiger partial charge in [-0.2, -0.15) is 0 Å². The number of nitrogens with zero attached hydrogens (tertiary/aromatic N) is 2. The molecule has 0 saturated heterocycles. The molecule has 1 unspecified atom stereocenters. The second-order valence-electron chi connectivity index (χ2n) is 5.75. The molecule has 1 atom stereocenters. The van der Waals surface area contributed by atoms with E-state index in [0.717, 1.165) is 22.6 Å². The molecule has 114 valence electrons. The van der Waals surface area contributed by atoms with E-state index in [-0.39, 0.29) is 16.7 Å². The summed E-state index contributed by atoms with van der Waals surface area (Å²) in [5, 5.41) is 14.6. The first kappa shape index (κ1) is 13.6. The third kappa shape index (κ3) is 2.17. The number of rotatable bonds is 2. The molecule has 0 radical (unpaired) electrons. The minimum absolute atomic E-state index is 0.109. The molecule has 1 N–H and O–H groups in total. The zero-order valence-electron chi connectivity index (χ0n) is 12.6. The minimum Gasteiger partial charge on any atom is -0.371 e. The topological polar surface area (TPSA) is 60.1 Å². The second kappa shape index (κ2) is 4.98. The summed E-state index contributed by atoms with van der Waals surface area (Å²) >= 11 is 0. The van der Waals surface area contributed by atoms with Crippen LogP contribution in [0.2, 0.25) is 0 Å². The number of fused-ring (bicyclic) bond motifs is 3. The van der Waals surface area contributed by atoms with Crippen molar-refractivity contribution in [2.24, 2.45) is 0 Å². The van der Waals surface area contributed by atoms with Gasteiger partial charge in [-0.05, 0) is 42.3 Å². The molecule has 3 aromatic rings. The molecule has 0 saturated carbocycles. The third-order valence-corrected chi connectivity index (χ3v) is 4.20. The molecular formula is C18H15N3O2. The Labute approximate surface area is 133 Å². The largest absolute Gasteiger partial charge is 0.371 e. The first-order chi connectivity index (χ1) is 11.1. The van der Waals surface area contributed by atoms with Gasteiger partial charge in [-0.3, -0.25) is 10.1 Å². The molecule has 2 heterocycles. The highest BCUT2D eigenvalue weighted by Crippen LogP contribution is 2.38. The number of hydrogen-bond acceptors (Lipinski definition) is 3. The molecule has 1 aromatic heterocycles. The molecule has 0 amide bonds. The van der Waals surface area contributed by atoms with E-state index in [1.807, 2.05) is 24.4 Å². The molecule has 2 aromatic carbocycles. The Bertz CT molecular complexity index is 914. The lowest BCUT2D eigenvalue weighted by Gasteiger charge is -2.30. The molecule has 4 rings (SSSR count). The van der Waals surface area contributed by atoms with Crippen LogP contribution in [0.25, 0.3) is 5.69 Å². The van der Waals surface area contributed by atoms with Crippen LogP contribution in [0, 0.1) is 17.0 Å². The maximum atomic E-state index is 11.1. The van der Waals surface area contributed by atoms with Gasteiger partial charge in [0, 0.05) is 24.0 Å². The lowest BCUT2D eigenvalue weighted by molar-refractivity contribution is -0.384. The fourth-order valence-electron chi connectivity index (χ4n) is 3.13. The Morgan fingerprint density at radius 1 is 1.13 bits per heavy atom. The van der Waals surface area contributed by atoms with Crippen molar-refractivity contribution >= 4 is 11.4 Å². The lowest BCUT2D eigenvalue weighted by Crippen LogP contribution is -2.22. The van der Waals surface area contributed by atoms with Crippen molar-refractivity contribution < 1.29 is 4.92 Å². The monoisotopic (exact) mass is 305 g/mol. The third-order valence-electron chi connectivity index (χ3n) is 4.20. The first-order valence-corrected chi connectivity index (χ1v) is 7.42. The number of hydrogen-bond donors (Lipinski definition) is 1. The van der Waals surface area contributed by atoms with Gasteiger partial charge in [0.25, 0.3) is 5.69 Å². The average Bonchev–Trinajstić information content (AvgIpc) is 3.03. The van der Waals surface area contributed by atoms with E-state index < -0.39 is 0 Å². The molecule has 0 fully saturated rings. The van der Waals surface area contributed by atoms with Gasteiger partial charge in [0.1, 0.15) is 0 Å². The van der Waals surface area contributed by atoms with Crippen molar-refractivity contribution in [1.29, 1.82) is 0 Å². The van der Waals surface area contributed by atoms with Crippen LogP contribution in [-0.4, -0.2) is 9.49 Å². The molecule has 0 spiro atoms. The Morgan fingerprint density at radius 3 is 2.83 bits per heavy atom. The summed E-state index contributed by atoms with van der Waals surface area (Å²) in [6.07, 6.45) is 2.02. The number of nitrogens with one attached hydrogen (secondary N) is 1. The van der Waals surface area contributed by atoms with Crippen LogP contribution in [-0.2, 0) is 0 Å². The molecule has 0 bridgehead atoms. The number of nitro benzene ring substituents is 1. The summed E-state index contributed by atoms with van der Waals surface area (Å²) in [6, 6.07) is 17.0. The smallest absolute Gasteiger partial charge is 0.269 e. The van der Waals surface area contributed by atoms with Crippen LogP contribution in [0.4, 0.5) is 11.4 Å². The Morgan fingerprint density at radius 2 is 2.00 bits per heavy atom. The fraction of sp³-hybridized carbons (Fsp3) is 0.111. The van der Waals surface area contributed by atoms with Gasteiger partial charge in [-0.1, -0.05) is 18.2 Å². The van der Waals surface area contributed by atoms with Gasteiger partial charge in [-0.25, -0.2) is 0 Å². The Kier molecular flexibility index (Phi) is 2.94. The van der Waals surface area contributed by atoms with Gasteiger partial charge < -0.3 is 9.88 Å². The van der Waals surface area contributed by atoms with Gasteiger partial charge in [-0.15, -0.1) is 0 Å². The molecular weight excluding hydrogens is 290 g/mol. The summed E-state index contributed by atoms with van der Waals surface area (Å²) in [5.74, 6) is 0. The van der Waals surface area contributed by atoms with Crippen molar-refractivity contribution in [2.75, 3.05) is 5.32 Å². The van der Waals surface area contributed by atoms with Crippen molar-refractivity contribution in [3.63, 3.8) is 0 Å². The van der Waals surface area contributed by atoms with Crippen molar-refractivity contribution in [3.05, 3.63) is 87.7 Å². The second-order valence-corrected chi connectivity index (χ2v) is 5.75. The molecule has 23 heavy (non-hydrogen) atoms. The van der Waals surface area contributed by atoms with Crippen LogP contribution in [0.5, 0.6) is 0 Å². The predicted octanol–water partition coefficient (Wildman–Crippen LogP) is 4.21. The van der Waals surface area contributed by atoms with Crippen LogP contribution in [0.3, 0.4) is 0 Å². The molecule has 1 aliphatic rings. The normalized spacial score (nSPS) is 15.4. The highest BCUT2D eigenvalue weighted by Gasteiger charge is 2.25. The van der Waals surface area contributed by atoms with E-state index in [1.54, 1.807) is 12.1 Å². The molecule has 0 aliphatic carbocycles. The summed E-state index contributed by atoms with van der Waals surface area (Å²) < 4.78 is 2.13. The first-order valence-electron chi connectivity index (χ1n) is 7.42. The fourth-order valence-corrected chi connectivity index (χ4v) is 3.13. The zero-order valence-corrected chi connectivity index (χ0v) is 12.6. The Hall–Kier alpha value is -3.08. The number of aromatic nitrogens is 1. The van der Waals surface area contributed by atoms with E-state index in [9.17, 15) is 10.1 Å². The van der Waals surface area contributed by atoms with E-state index in [1.165, 1.54) is 11.6 Å². The summed E-state index contributed by atoms with van der Waals surface area (Å²) in [6.45, 7) is 2.05. The number of non-ortho nitro benzene ring substituents is 1.